The van der Waals surface area contributed by atoms with Crippen molar-refractivity contribution in [2.45, 2.75) is 13.0 Å². The average molecular weight is 278 g/mol. The Balaban J connectivity index is 2.11. The molecule has 0 aliphatic carbocycles. The van der Waals surface area contributed by atoms with Gasteiger partial charge in [-0.15, -0.1) is 8.39 Å². The molecule has 2 fully saturated rings. The van der Waals surface area contributed by atoms with Gasteiger partial charge in [0.25, 0.3) is 0 Å². The van der Waals surface area contributed by atoms with Gasteiger partial charge in [0.05, 0.1) is 31.3 Å². The molecule has 0 saturated carbocycles. The Bertz CT molecular complexity index is 367. The summed E-state index contributed by atoms with van der Waals surface area (Å²) in [5.41, 5.74) is -0.986. The first-order valence-electron chi connectivity index (χ1n) is 4.46. The molecule has 0 N–H and O–H groups in total. The number of hydrogen-bond donors (Lipinski definition) is 0. The Morgan fingerprint density at radius 3 is 1.94 bits per heavy atom. The Labute approximate surface area is 90.5 Å². The summed E-state index contributed by atoms with van der Waals surface area (Å²) in [7, 11) is -9.05. The highest BCUT2D eigenvalue weighted by atomic mass is 31.2. The SMILES string of the molecule is CC1OP(=O)(F)OCC12COP(=O)(F)OC2. The van der Waals surface area contributed by atoms with Crippen molar-refractivity contribution in [3.8, 4) is 0 Å². The van der Waals surface area contributed by atoms with Crippen LogP contribution in [0.15, 0.2) is 0 Å². The summed E-state index contributed by atoms with van der Waals surface area (Å²) >= 11 is 0. The van der Waals surface area contributed by atoms with E-state index < -0.39 is 27.3 Å². The largest absolute Gasteiger partial charge is 0.513 e. The molecule has 6 nitrogen and oxygen atoms in total. The van der Waals surface area contributed by atoms with Gasteiger partial charge >= 0.3 is 15.8 Å². The highest BCUT2D eigenvalue weighted by molar-refractivity contribution is 7.48. The lowest BCUT2D eigenvalue weighted by molar-refractivity contribution is -0.116. The van der Waals surface area contributed by atoms with Crippen LogP contribution in [0.25, 0.3) is 0 Å². The predicted molar refractivity (Wildman–Crippen MR) is 48.3 cm³/mol. The van der Waals surface area contributed by atoms with Crippen LogP contribution >= 0.6 is 15.8 Å². The van der Waals surface area contributed by atoms with Crippen molar-refractivity contribution >= 4 is 15.8 Å². The fourth-order valence-electron chi connectivity index (χ4n) is 1.46. The molecule has 16 heavy (non-hydrogen) atoms. The van der Waals surface area contributed by atoms with Crippen molar-refractivity contribution in [2.24, 2.45) is 5.41 Å². The fraction of sp³-hybridized carbons (Fsp3) is 1.00. The van der Waals surface area contributed by atoms with Crippen LogP contribution in [-0.4, -0.2) is 25.9 Å². The molecular formula is C6H10F2O6P2. The van der Waals surface area contributed by atoms with Crippen molar-refractivity contribution in [3.05, 3.63) is 0 Å². The molecule has 1 spiro atoms. The van der Waals surface area contributed by atoms with Gasteiger partial charge in [-0.2, -0.15) is 0 Å². The first-order chi connectivity index (χ1) is 7.25. The van der Waals surface area contributed by atoms with Crippen molar-refractivity contribution in [3.63, 3.8) is 0 Å². The predicted octanol–water partition coefficient (Wildman–Crippen LogP) is 2.61. The summed E-state index contributed by atoms with van der Waals surface area (Å²) in [5.74, 6) is 0. The standard InChI is InChI=1S/C6H10F2O6P2/c1-5-6(4-13-16(8,10)14-5)2-11-15(7,9)12-3-6/h5H,2-4H2,1H3. The number of rotatable bonds is 0. The average Bonchev–Trinajstić information content (AvgIpc) is 2.15. The molecule has 0 aromatic rings. The minimum atomic E-state index is -4.54. The van der Waals surface area contributed by atoms with Crippen molar-refractivity contribution in [1.29, 1.82) is 0 Å². The molecule has 0 amide bonds. The monoisotopic (exact) mass is 278 g/mol. The molecule has 2 rings (SSSR count). The first-order valence-corrected chi connectivity index (χ1v) is 7.33. The molecule has 2 aliphatic rings. The van der Waals surface area contributed by atoms with E-state index in [-0.39, 0.29) is 19.8 Å². The van der Waals surface area contributed by atoms with E-state index in [4.69, 9.17) is 0 Å². The van der Waals surface area contributed by atoms with E-state index in [2.05, 4.69) is 18.1 Å². The van der Waals surface area contributed by atoms with Gasteiger partial charge < -0.3 is 0 Å². The summed E-state index contributed by atoms with van der Waals surface area (Å²) in [6.45, 7) is 0.530. The Morgan fingerprint density at radius 1 is 1.06 bits per heavy atom. The first kappa shape index (κ1) is 12.6. The molecule has 2 unspecified atom stereocenters. The molecule has 0 aromatic carbocycles. The van der Waals surface area contributed by atoms with Crippen molar-refractivity contribution in [1.82, 2.24) is 0 Å². The third-order valence-electron chi connectivity index (χ3n) is 2.67. The maximum absolute atomic E-state index is 12.9. The zero-order valence-corrected chi connectivity index (χ0v) is 10.1. The molecule has 0 bridgehead atoms. The highest BCUT2D eigenvalue weighted by Crippen LogP contribution is 2.62. The van der Waals surface area contributed by atoms with Crippen LogP contribution in [0.1, 0.15) is 6.92 Å². The van der Waals surface area contributed by atoms with E-state index in [1.54, 1.807) is 0 Å². The normalized spacial score (nSPS) is 54.1. The van der Waals surface area contributed by atoms with Gasteiger partial charge in [0.2, 0.25) is 0 Å². The van der Waals surface area contributed by atoms with Gasteiger partial charge in [0, 0.05) is 0 Å². The van der Waals surface area contributed by atoms with Gasteiger partial charge in [-0.25, -0.2) is 9.13 Å². The van der Waals surface area contributed by atoms with Crippen LogP contribution < -0.4 is 0 Å². The van der Waals surface area contributed by atoms with Gasteiger partial charge in [-0.05, 0) is 6.92 Å². The van der Waals surface area contributed by atoms with Crippen LogP contribution in [0.2, 0.25) is 0 Å². The minimum Gasteiger partial charge on any atom is -0.283 e. The zero-order chi connectivity index (χ0) is 12.0. The summed E-state index contributed by atoms with van der Waals surface area (Å²) in [6, 6.07) is 0. The summed E-state index contributed by atoms with van der Waals surface area (Å²) < 4.78 is 65.1. The summed E-state index contributed by atoms with van der Waals surface area (Å²) in [5, 5.41) is 0. The van der Waals surface area contributed by atoms with Gasteiger partial charge in [-0.1, -0.05) is 0 Å². The zero-order valence-electron chi connectivity index (χ0n) is 8.30. The highest BCUT2D eigenvalue weighted by Gasteiger charge is 2.53. The molecule has 0 aromatic heterocycles. The van der Waals surface area contributed by atoms with E-state index in [9.17, 15) is 17.5 Å². The lowest BCUT2D eigenvalue weighted by Crippen LogP contribution is -2.50. The second kappa shape index (κ2) is 3.83. The lowest BCUT2D eigenvalue weighted by Gasteiger charge is -2.43. The van der Waals surface area contributed by atoms with Gasteiger partial charge in [0.1, 0.15) is 0 Å². The molecule has 2 saturated heterocycles. The topological polar surface area (TPSA) is 71.1 Å². The third kappa shape index (κ3) is 2.37. The lowest BCUT2D eigenvalue weighted by atomic mass is 9.85. The molecule has 2 atom stereocenters. The van der Waals surface area contributed by atoms with E-state index >= 15 is 0 Å². The molecule has 94 valence electrons. The van der Waals surface area contributed by atoms with E-state index in [1.165, 1.54) is 6.92 Å². The maximum Gasteiger partial charge on any atom is 0.513 e. The van der Waals surface area contributed by atoms with E-state index in [1.807, 2.05) is 0 Å². The molecule has 2 aliphatic heterocycles. The number of halogens is 2. The van der Waals surface area contributed by atoms with Gasteiger partial charge in [0.15, 0.2) is 0 Å². The molecule has 0 radical (unpaired) electrons. The number of hydrogen-bond acceptors (Lipinski definition) is 6. The molecular weight excluding hydrogens is 268 g/mol. The Hall–Kier alpha value is 0.160. The van der Waals surface area contributed by atoms with E-state index in [0.29, 0.717) is 0 Å². The molecule has 10 heteroatoms. The Kier molecular flexibility index (Phi) is 3.02. The summed E-state index contributed by atoms with van der Waals surface area (Å²) in [6.07, 6.45) is -0.850. The second-order valence-corrected chi connectivity index (χ2v) is 6.50. The maximum atomic E-state index is 12.9. The fourth-order valence-corrected chi connectivity index (χ4v) is 3.43. The summed E-state index contributed by atoms with van der Waals surface area (Å²) in [4.78, 5) is 0. The van der Waals surface area contributed by atoms with Crippen LogP contribution in [-0.2, 0) is 27.2 Å². The Morgan fingerprint density at radius 2 is 1.50 bits per heavy atom. The smallest absolute Gasteiger partial charge is 0.283 e. The third-order valence-corrected chi connectivity index (χ3v) is 4.55. The van der Waals surface area contributed by atoms with Crippen LogP contribution in [0.3, 0.4) is 0 Å². The van der Waals surface area contributed by atoms with Crippen LogP contribution in [0.5, 0.6) is 0 Å². The van der Waals surface area contributed by atoms with Crippen molar-refractivity contribution < 1.29 is 35.6 Å². The van der Waals surface area contributed by atoms with Crippen LogP contribution in [0, 0.1) is 5.41 Å². The van der Waals surface area contributed by atoms with E-state index in [0.717, 1.165) is 0 Å². The van der Waals surface area contributed by atoms with Crippen molar-refractivity contribution in [2.75, 3.05) is 19.8 Å². The molecule has 2 heterocycles. The quantitative estimate of drug-likeness (QED) is 0.634. The van der Waals surface area contributed by atoms with Crippen LogP contribution in [0.4, 0.5) is 8.39 Å². The second-order valence-electron chi connectivity index (χ2n) is 3.79. The minimum absolute atomic E-state index is 0.304. The van der Waals surface area contributed by atoms with Gasteiger partial charge in [-0.3, -0.25) is 18.1 Å².